The van der Waals surface area contributed by atoms with Gasteiger partial charge < -0.3 is 14.2 Å². The summed E-state index contributed by atoms with van der Waals surface area (Å²) in [6.07, 6.45) is 2.28. The Kier molecular flexibility index (Phi) is 14.8. The van der Waals surface area contributed by atoms with Crippen molar-refractivity contribution < 1.29 is 28.6 Å². The van der Waals surface area contributed by atoms with Crippen LogP contribution in [0.4, 0.5) is 5.69 Å². The number of benzene rings is 3. The Balaban J connectivity index is 0.000000738. The molecule has 46 heavy (non-hydrogen) atoms. The van der Waals surface area contributed by atoms with E-state index in [1.54, 1.807) is 26.0 Å². The molecule has 4 rings (SSSR count). The van der Waals surface area contributed by atoms with Crippen LogP contribution in [-0.4, -0.2) is 44.5 Å². The van der Waals surface area contributed by atoms with E-state index in [2.05, 4.69) is 13.8 Å². The molecule has 4 aromatic rings. The molecule has 0 atom stereocenters. The summed E-state index contributed by atoms with van der Waals surface area (Å²) in [7, 11) is 1.27. The van der Waals surface area contributed by atoms with E-state index in [-0.39, 0.29) is 39.4 Å². The fraction of sp³-hybridized carbons (Fsp3) is 0.306. The summed E-state index contributed by atoms with van der Waals surface area (Å²) < 4.78 is 16.0. The zero-order chi connectivity index (χ0) is 33.6. The Hall–Kier alpha value is -3.69. The van der Waals surface area contributed by atoms with Crippen molar-refractivity contribution in [1.29, 1.82) is 0 Å². The number of Topliss-reactive ketones (excluding diaryl/α,β-unsaturated/α-hetero) is 1. The average Bonchev–Trinajstić information content (AvgIpc) is 3.49. The fourth-order valence-electron chi connectivity index (χ4n) is 4.08. The van der Waals surface area contributed by atoms with Crippen LogP contribution in [0.5, 0.6) is 11.5 Å². The number of hydrogen-bond acceptors (Lipinski definition) is 7. The Morgan fingerprint density at radius 2 is 1.48 bits per heavy atom. The minimum atomic E-state index is -0.623. The molecule has 0 spiro atoms. The van der Waals surface area contributed by atoms with Crippen molar-refractivity contribution in [2.45, 2.75) is 40.5 Å². The standard InChI is InChI=1S/C30H25Cl2NO5S.C6H14O/c1-18(2)26(34)17-33(29(35)23-14-11-20(31)15-24(23)32)25-16-27(39-28(25)30(36)37-3)19-9-12-22(13-10-19)38-21-7-5-4-6-8-21;1-3-5-7-6-4-2/h4-16,18H,17H2,1-3H3;3-6H2,1-2H3. The first-order valence-corrected chi connectivity index (χ1v) is 16.6. The first kappa shape index (κ1) is 36.8. The lowest BCUT2D eigenvalue weighted by molar-refractivity contribution is -0.120. The van der Waals surface area contributed by atoms with E-state index in [4.69, 9.17) is 37.4 Å². The predicted octanol–water partition coefficient (Wildman–Crippen LogP) is 10.00. The van der Waals surface area contributed by atoms with Crippen LogP contribution in [0, 0.1) is 5.92 Å². The van der Waals surface area contributed by atoms with Gasteiger partial charge in [-0.1, -0.05) is 69.1 Å². The second-order valence-corrected chi connectivity index (χ2v) is 12.4. The predicted molar refractivity (Wildman–Crippen MR) is 187 cm³/mol. The number of methoxy groups -OCH3 is 1. The molecular weight excluding hydrogens is 645 g/mol. The second-order valence-electron chi connectivity index (χ2n) is 10.5. The van der Waals surface area contributed by atoms with Gasteiger partial charge in [0.05, 0.1) is 29.9 Å². The lowest BCUT2D eigenvalue weighted by atomic mass is 10.1. The van der Waals surface area contributed by atoms with Gasteiger partial charge in [-0.25, -0.2) is 4.79 Å². The quantitative estimate of drug-likeness (QED) is 0.103. The normalized spacial score (nSPS) is 10.6. The van der Waals surface area contributed by atoms with E-state index >= 15 is 0 Å². The van der Waals surface area contributed by atoms with Crippen LogP contribution in [0.15, 0.2) is 78.9 Å². The summed E-state index contributed by atoms with van der Waals surface area (Å²) in [5, 5.41) is 0.507. The highest BCUT2D eigenvalue weighted by molar-refractivity contribution is 7.18. The molecule has 0 saturated carbocycles. The maximum absolute atomic E-state index is 13.7. The van der Waals surface area contributed by atoms with Gasteiger partial charge in [0, 0.05) is 29.0 Å². The molecule has 0 fully saturated rings. The molecular formula is C36H39Cl2NO6S. The van der Waals surface area contributed by atoms with Crippen LogP contribution in [0.2, 0.25) is 10.0 Å². The summed E-state index contributed by atoms with van der Waals surface area (Å²) in [5.74, 6) is -0.320. The zero-order valence-electron chi connectivity index (χ0n) is 26.7. The van der Waals surface area contributed by atoms with Crippen LogP contribution in [-0.2, 0) is 14.3 Å². The highest BCUT2D eigenvalue weighted by Crippen LogP contribution is 2.39. The van der Waals surface area contributed by atoms with Crippen molar-refractivity contribution in [2.75, 3.05) is 31.8 Å². The number of anilines is 1. The molecule has 10 heteroatoms. The first-order valence-electron chi connectivity index (χ1n) is 15.0. The van der Waals surface area contributed by atoms with Crippen LogP contribution in [0.3, 0.4) is 0 Å². The van der Waals surface area contributed by atoms with Gasteiger partial charge in [-0.05, 0) is 79.1 Å². The van der Waals surface area contributed by atoms with E-state index in [1.807, 2.05) is 54.6 Å². The highest BCUT2D eigenvalue weighted by Gasteiger charge is 2.30. The fourth-order valence-corrected chi connectivity index (χ4v) is 5.65. The third-order valence-electron chi connectivity index (χ3n) is 6.55. The molecule has 1 aromatic heterocycles. The largest absolute Gasteiger partial charge is 0.465 e. The number of esters is 1. The number of carbonyl (C=O) groups is 3. The van der Waals surface area contributed by atoms with Gasteiger partial charge in [-0.15, -0.1) is 11.3 Å². The lowest BCUT2D eigenvalue weighted by Crippen LogP contribution is -2.38. The van der Waals surface area contributed by atoms with Gasteiger partial charge in [-0.2, -0.15) is 0 Å². The molecule has 7 nitrogen and oxygen atoms in total. The van der Waals surface area contributed by atoms with Gasteiger partial charge >= 0.3 is 5.97 Å². The number of thiophene rings is 1. The van der Waals surface area contributed by atoms with Gasteiger partial charge in [0.15, 0.2) is 5.78 Å². The first-order chi connectivity index (χ1) is 22.1. The Morgan fingerprint density at radius 1 is 0.848 bits per heavy atom. The summed E-state index contributed by atoms with van der Waals surface area (Å²) in [6, 6.07) is 23.0. The zero-order valence-corrected chi connectivity index (χ0v) is 29.0. The van der Waals surface area contributed by atoms with Gasteiger partial charge in [0.1, 0.15) is 16.4 Å². The van der Waals surface area contributed by atoms with Crippen molar-refractivity contribution in [2.24, 2.45) is 5.92 Å². The molecule has 0 saturated heterocycles. The third kappa shape index (κ3) is 10.4. The van der Waals surface area contributed by atoms with Crippen molar-refractivity contribution in [3.8, 4) is 21.9 Å². The van der Waals surface area contributed by atoms with E-state index in [0.717, 1.165) is 43.0 Å². The number of rotatable bonds is 13. The molecule has 0 radical (unpaired) electrons. The number of ether oxygens (including phenoxy) is 3. The van der Waals surface area contributed by atoms with Crippen LogP contribution < -0.4 is 9.64 Å². The van der Waals surface area contributed by atoms with E-state index in [0.29, 0.717) is 21.4 Å². The number of ketones is 1. The monoisotopic (exact) mass is 683 g/mol. The molecule has 3 aromatic carbocycles. The minimum Gasteiger partial charge on any atom is -0.465 e. The van der Waals surface area contributed by atoms with E-state index in [9.17, 15) is 14.4 Å². The van der Waals surface area contributed by atoms with Crippen LogP contribution >= 0.6 is 34.5 Å². The number of hydrogen-bond donors (Lipinski definition) is 0. The molecule has 1 heterocycles. The molecule has 0 unspecified atom stereocenters. The van der Waals surface area contributed by atoms with Crippen molar-refractivity contribution in [3.05, 3.63) is 99.3 Å². The Bertz CT molecular complexity index is 1580. The summed E-state index contributed by atoms with van der Waals surface area (Å²) in [4.78, 5) is 41.6. The SMILES string of the molecule is CCCOCCC.COC(=O)c1sc(-c2ccc(Oc3ccccc3)cc2)cc1N(CC(=O)C(C)C)C(=O)c1ccc(Cl)cc1Cl. The van der Waals surface area contributed by atoms with Crippen LogP contribution in [0.1, 0.15) is 60.6 Å². The summed E-state index contributed by atoms with van der Waals surface area (Å²) in [5.41, 5.74) is 1.21. The Labute approximate surface area is 285 Å². The highest BCUT2D eigenvalue weighted by atomic mass is 35.5. The van der Waals surface area contributed by atoms with Crippen LogP contribution in [0.25, 0.3) is 10.4 Å². The maximum atomic E-state index is 13.7. The molecule has 0 bridgehead atoms. The lowest BCUT2D eigenvalue weighted by Gasteiger charge is -2.23. The van der Waals surface area contributed by atoms with Crippen molar-refractivity contribution in [3.63, 3.8) is 0 Å². The average molecular weight is 685 g/mol. The van der Waals surface area contributed by atoms with Crippen molar-refractivity contribution >= 4 is 57.9 Å². The number of para-hydroxylation sites is 1. The van der Waals surface area contributed by atoms with E-state index < -0.39 is 11.9 Å². The van der Waals surface area contributed by atoms with Gasteiger partial charge in [0.25, 0.3) is 5.91 Å². The summed E-state index contributed by atoms with van der Waals surface area (Å²) in [6.45, 7) is 9.34. The molecule has 244 valence electrons. The number of nitrogens with zero attached hydrogens (tertiary/aromatic N) is 1. The molecule has 0 aliphatic heterocycles. The molecule has 0 aliphatic carbocycles. The molecule has 0 aliphatic rings. The van der Waals surface area contributed by atoms with Gasteiger partial charge in [0.2, 0.25) is 0 Å². The van der Waals surface area contributed by atoms with E-state index in [1.165, 1.54) is 24.1 Å². The number of halogens is 2. The Morgan fingerprint density at radius 3 is 2.04 bits per heavy atom. The molecule has 0 N–H and O–H groups in total. The topological polar surface area (TPSA) is 82.1 Å². The summed E-state index contributed by atoms with van der Waals surface area (Å²) >= 11 is 13.5. The van der Waals surface area contributed by atoms with Gasteiger partial charge in [-0.3, -0.25) is 14.5 Å². The number of carbonyl (C=O) groups excluding carboxylic acids is 3. The van der Waals surface area contributed by atoms with Crippen molar-refractivity contribution in [1.82, 2.24) is 0 Å². The third-order valence-corrected chi connectivity index (χ3v) is 8.25. The maximum Gasteiger partial charge on any atom is 0.350 e. The smallest absolute Gasteiger partial charge is 0.350 e. The minimum absolute atomic E-state index is 0.138. The second kappa shape index (κ2) is 18.5. The number of amides is 1. The molecule has 1 amide bonds.